The first-order valence-electron chi connectivity index (χ1n) is 6.65. The van der Waals surface area contributed by atoms with Crippen LogP contribution in [0.4, 0.5) is 0 Å². The molecule has 0 aliphatic carbocycles. The monoisotopic (exact) mass is 351 g/mol. The van der Waals surface area contributed by atoms with Crippen LogP contribution < -0.4 is 10.7 Å². The molecule has 0 bridgehead atoms. The Hall–Kier alpha value is -1.89. The number of carbonyl (C=O) groups is 2. The summed E-state index contributed by atoms with van der Waals surface area (Å²) in [6, 6.07) is 3.70. The molecule has 0 unspecified atom stereocenters. The number of amides is 2. The van der Waals surface area contributed by atoms with E-state index in [1.807, 2.05) is 13.0 Å². The van der Waals surface area contributed by atoms with E-state index in [0.29, 0.717) is 17.5 Å². The van der Waals surface area contributed by atoms with Crippen molar-refractivity contribution in [3.05, 3.63) is 32.7 Å². The number of carbonyl (C=O) groups excluding carboxylic acids is 2. The average Bonchev–Trinajstić information content (AvgIpc) is 2.63. The summed E-state index contributed by atoms with van der Waals surface area (Å²) in [5.41, 5.74) is 1.75. The van der Waals surface area contributed by atoms with Gasteiger partial charge in [-0.2, -0.15) is 9.69 Å². The molecular formula is C14H14BrN3O3. The first-order chi connectivity index (χ1) is 9.91. The third-order valence-electron chi connectivity index (χ3n) is 3.67. The van der Waals surface area contributed by atoms with Crippen LogP contribution >= 0.6 is 15.9 Å². The van der Waals surface area contributed by atoms with Gasteiger partial charge >= 0.3 is 5.69 Å². The summed E-state index contributed by atoms with van der Waals surface area (Å²) in [6.45, 7) is 1.89. The summed E-state index contributed by atoms with van der Waals surface area (Å²) in [7, 11) is 1.63. The standard InChI is InChI=1S/C14H14BrN3O3/c1-8-6-9(15)13-10(7-8)17(14(21)16(13)2)18-11(19)4-3-5-12(18)20/h6-7H,3-5H2,1-2H3. The zero-order chi connectivity index (χ0) is 15.3. The van der Waals surface area contributed by atoms with Crippen molar-refractivity contribution in [2.45, 2.75) is 26.2 Å². The fourth-order valence-corrected chi connectivity index (χ4v) is 3.54. The molecule has 0 N–H and O–H groups in total. The normalized spacial score (nSPS) is 16.0. The fraction of sp³-hybridized carbons (Fsp3) is 0.357. The number of nitrogens with zero attached hydrogens (tertiary/aromatic N) is 3. The van der Waals surface area contributed by atoms with E-state index in [4.69, 9.17) is 0 Å². The molecule has 1 fully saturated rings. The Labute approximate surface area is 129 Å². The van der Waals surface area contributed by atoms with Gasteiger partial charge in [0.05, 0.1) is 11.0 Å². The van der Waals surface area contributed by atoms with Crippen LogP contribution in [0.5, 0.6) is 0 Å². The number of hydrogen-bond donors (Lipinski definition) is 0. The van der Waals surface area contributed by atoms with E-state index in [2.05, 4.69) is 15.9 Å². The summed E-state index contributed by atoms with van der Waals surface area (Å²) in [6.07, 6.45) is 1.10. The van der Waals surface area contributed by atoms with Gasteiger partial charge in [0.1, 0.15) is 0 Å². The Bertz CT molecular complexity index is 818. The van der Waals surface area contributed by atoms with Gasteiger partial charge in [-0.25, -0.2) is 4.79 Å². The molecule has 21 heavy (non-hydrogen) atoms. The summed E-state index contributed by atoms with van der Waals surface area (Å²) in [4.78, 5) is 36.7. The molecule has 1 saturated heterocycles. The van der Waals surface area contributed by atoms with Crippen LogP contribution in [-0.4, -0.2) is 21.1 Å². The van der Waals surface area contributed by atoms with Crippen molar-refractivity contribution in [1.82, 2.24) is 9.24 Å². The smallest absolute Gasteiger partial charge is 0.292 e. The highest BCUT2D eigenvalue weighted by atomic mass is 79.9. The van der Waals surface area contributed by atoms with Crippen molar-refractivity contribution in [2.75, 3.05) is 5.01 Å². The van der Waals surface area contributed by atoms with Crippen LogP contribution in [0.1, 0.15) is 24.8 Å². The number of halogens is 1. The zero-order valence-electron chi connectivity index (χ0n) is 11.7. The fourth-order valence-electron chi connectivity index (χ4n) is 2.71. The molecule has 0 atom stereocenters. The van der Waals surface area contributed by atoms with E-state index < -0.39 is 5.69 Å². The third kappa shape index (κ3) is 2.03. The van der Waals surface area contributed by atoms with Crippen LogP contribution in [-0.2, 0) is 16.6 Å². The minimum Gasteiger partial charge on any atom is -0.292 e. The van der Waals surface area contributed by atoms with E-state index in [1.54, 1.807) is 13.1 Å². The molecule has 2 amide bonds. The van der Waals surface area contributed by atoms with Crippen molar-refractivity contribution in [2.24, 2.45) is 7.05 Å². The lowest BCUT2D eigenvalue weighted by Gasteiger charge is -2.25. The minimum absolute atomic E-state index is 0.279. The molecule has 7 heteroatoms. The van der Waals surface area contributed by atoms with Gasteiger partial charge in [0.25, 0.3) is 0 Å². The SMILES string of the molecule is Cc1cc(Br)c2c(c1)n(N1C(=O)CCCC1=O)c(=O)n2C. The highest BCUT2D eigenvalue weighted by Gasteiger charge is 2.31. The second-order valence-corrected chi connectivity index (χ2v) is 6.08. The lowest BCUT2D eigenvalue weighted by molar-refractivity contribution is -0.131. The van der Waals surface area contributed by atoms with Gasteiger partial charge in [-0.1, -0.05) is 0 Å². The highest BCUT2D eigenvalue weighted by Crippen LogP contribution is 2.25. The van der Waals surface area contributed by atoms with E-state index >= 15 is 0 Å². The Kier molecular flexibility index (Phi) is 3.24. The van der Waals surface area contributed by atoms with Crippen molar-refractivity contribution in [3.63, 3.8) is 0 Å². The molecule has 6 nitrogen and oxygen atoms in total. The largest absolute Gasteiger partial charge is 0.348 e. The van der Waals surface area contributed by atoms with Crippen LogP contribution in [0.15, 0.2) is 21.4 Å². The minimum atomic E-state index is -0.403. The number of fused-ring (bicyclic) bond motifs is 1. The number of benzene rings is 1. The maximum atomic E-state index is 12.5. The van der Waals surface area contributed by atoms with Crippen LogP contribution in [0, 0.1) is 6.92 Å². The number of imide groups is 1. The van der Waals surface area contributed by atoms with Gasteiger partial charge in [-0.05, 0) is 47.0 Å². The average molecular weight is 352 g/mol. The second kappa shape index (κ2) is 4.84. The number of hydrogen-bond acceptors (Lipinski definition) is 3. The molecule has 3 rings (SSSR count). The maximum Gasteiger partial charge on any atom is 0.348 e. The van der Waals surface area contributed by atoms with Gasteiger partial charge in [0, 0.05) is 24.4 Å². The Morgan fingerprint density at radius 2 is 1.71 bits per heavy atom. The number of piperidine rings is 1. The lowest BCUT2D eigenvalue weighted by atomic mass is 10.1. The summed E-state index contributed by atoms with van der Waals surface area (Å²) < 4.78 is 3.39. The van der Waals surface area contributed by atoms with Crippen molar-refractivity contribution in [3.8, 4) is 0 Å². The molecule has 1 aliphatic heterocycles. The van der Waals surface area contributed by atoms with Gasteiger partial charge in [-0.15, -0.1) is 0 Å². The molecule has 1 aliphatic rings. The molecule has 110 valence electrons. The first-order valence-corrected chi connectivity index (χ1v) is 7.45. The van der Waals surface area contributed by atoms with E-state index in [-0.39, 0.29) is 24.7 Å². The number of imidazole rings is 1. The maximum absolute atomic E-state index is 12.5. The van der Waals surface area contributed by atoms with E-state index in [0.717, 1.165) is 15.0 Å². The van der Waals surface area contributed by atoms with Crippen molar-refractivity contribution < 1.29 is 9.59 Å². The van der Waals surface area contributed by atoms with Gasteiger partial charge in [-0.3, -0.25) is 14.2 Å². The number of aryl methyl sites for hydroxylation is 2. The highest BCUT2D eigenvalue weighted by molar-refractivity contribution is 9.10. The van der Waals surface area contributed by atoms with Crippen molar-refractivity contribution in [1.29, 1.82) is 0 Å². The summed E-state index contributed by atoms with van der Waals surface area (Å²) >= 11 is 3.44. The van der Waals surface area contributed by atoms with Gasteiger partial charge in [0.2, 0.25) is 11.8 Å². The molecule has 0 saturated carbocycles. The Balaban J connectivity index is 2.37. The molecule has 1 aromatic heterocycles. The summed E-state index contributed by atoms with van der Waals surface area (Å²) in [5.74, 6) is -0.669. The quantitative estimate of drug-likeness (QED) is 0.732. The van der Waals surface area contributed by atoms with E-state index in [9.17, 15) is 14.4 Å². The van der Waals surface area contributed by atoms with Gasteiger partial charge in [0.15, 0.2) is 0 Å². The van der Waals surface area contributed by atoms with Gasteiger partial charge < -0.3 is 0 Å². The predicted octanol–water partition coefficient (Wildman–Crippen LogP) is 1.59. The molecule has 0 radical (unpaired) electrons. The van der Waals surface area contributed by atoms with E-state index in [1.165, 1.54) is 9.24 Å². The first kappa shape index (κ1) is 14.1. The molecule has 2 aromatic rings. The van der Waals surface area contributed by atoms with Crippen molar-refractivity contribution >= 4 is 38.8 Å². The predicted molar refractivity (Wildman–Crippen MR) is 81.7 cm³/mol. The zero-order valence-corrected chi connectivity index (χ0v) is 13.3. The molecule has 0 spiro atoms. The Morgan fingerprint density at radius 1 is 1.10 bits per heavy atom. The van der Waals surface area contributed by atoms with Crippen LogP contribution in [0.3, 0.4) is 0 Å². The van der Waals surface area contributed by atoms with Crippen LogP contribution in [0.25, 0.3) is 11.0 Å². The topological polar surface area (TPSA) is 64.3 Å². The van der Waals surface area contributed by atoms with Crippen LogP contribution in [0.2, 0.25) is 0 Å². The third-order valence-corrected chi connectivity index (χ3v) is 4.28. The number of rotatable bonds is 1. The molecule has 1 aromatic carbocycles. The molecule has 2 heterocycles. The Morgan fingerprint density at radius 3 is 2.33 bits per heavy atom. The summed E-state index contributed by atoms with van der Waals surface area (Å²) in [5, 5.41) is 0.986. The lowest BCUT2D eigenvalue weighted by Crippen LogP contribution is -2.52. The number of aromatic nitrogens is 2. The second-order valence-electron chi connectivity index (χ2n) is 5.22. The molecular weight excluding hydrogens is 338 g/mol.